The van der Waals surface area contributed by atoms with Gasteiger partial charge in [-0.3, -0.25) is 9.59 Å². The molecule has 0 unspecified atom stereocenters. The summed E-state index contributed by atoms with van der Waals surface area (Å²) in [6, 6.07) is 7.18. The van der Waals surface area contributed by atoms with Gasteiger partial charge in [0.2, 0.25) is 5.91 Å². The Morgan fingerprint density at radius 1 is 1.28 bits per heavy atom. The molecule has 0 spiro atoms. The van der Waals surface area contributed by atoms with E-state index in [9.17, 15) is 9.59 Å². The van der Waals surface area contributed by atoms with Gasteiger partial charge < -0.3 is 16.2 Å². The molecule has 96 valence electrons. The lowest BCUT2D eigenvalue weighted by molar-refractivity contribution is -0.136. The van der Waals surface area contributed by atoms with E-state index in [1.807, 2.05) is 12.1 Å². The van der Waals surface area contributed by atoms with Crippen LogP contribution in [0.1, 0.15) is 24.0 Å². The van der Waals surface area contributed by atoms with E-state index in [-0.39, 0.29) is 12.3 Å². The fourth-order valence-corrected chi connectivity index (χ4v) is 1.78. The predicted octanol–water partition coefficient (Wildman–Crippen LogP) is 0.421. The van der Waals surface area contributed by atoms with Gasteiger partial charge >= 0.3 is 5.97 Å². The average molecular weight is 248 g/mol. The minimum atomic E-state index is -0.883. The molecule has 1 aromatic rings. The third kappa shape index (κ3) is 2.87. The van der Waals surface area contributed by atoms with Crippen LogP contribution < -0.4 is 11.1 Å². The Hall–Kier alpha value is -1.88. The lowest BCUT2D eigenvalue weighted by Gasteiger charge is -2.12. The zero-order valence-electron chi connectivity index (χ0n) is 9.98. The fourth-order valence-electron chi connectivity index (χ4n) is 1.78. The molecular formula is C13H16N2O3. The van der Waals surface area contributed by atoms with Crippen LogP contribution >= 0.6 is 0 Å². The van der Waals surface area contributed by atoms with Gasteiger partial charge in [0.25, 0.3) is 0 Å². The summed E-state index contributed by atoms with van der Waals surface area (Å²) in [6.07, 6.45) is 1.39. The SMILES string of the molecule is NC1(C(=O)NCc2ccccc2CC(=O)O)CC1. The van der Waals surface area contributed by atoms with Crippen LogP contribution in [0.2, 0.25) is 0 Å². The lowest BCUT2D eigenvalue weighted by Crippen LogP contribution is -2.42. The number of rotatable bonds is 5. The first-order valence-electron chi connectivity index (χ1n) is 5.87. The molecule has 2 rings (SSSR count). The van der Waals surface area contributed by atoms with Crippen LogP contribution in [0.5, 0.6) is 0 Å². The second-order valence-corrected chi connectivity index (χ2v) is 4.68. The highest BCUT2D eigenvalue weighted by Gasteiger charge is 2.45. The first-order chi connectivity index (χ1) is 8.51. The highest BCUT2D eigenvalue weighted by Crippen LogP contribution is 2.32. The van der Waals surface area contributed by atoms with Gasteiger partial charge in [-0.05, 0) is 24.0 Å². The predicted molar refractivity (Wildman–Crippen MR) is 65.8 cm³/mol. The van der Waals surface area contributed by atoms with Crippen molar-refractivity contribution in [1.29, 1.82) is 0 Å². The monoisotopic (exact) mass is 248 g/mol. The summed E-state index contributed by atoms with van der Waals surface area (Å²) in [5.74, 6) is -1.04. The Morgan fingerprint density at radius 3 is 2.44 bits per heavy atom. The molecule has 0 bridgehead atoms. The van der Waals surface area contributed by atoms with Gasteiger partial charge in [0, 0.05) is 6.54 Å². The van der Waals surface area contributed by atoms with Gasteiger partial charge in [-0.1, -0.05) is 24.3 Å². The first kappa shape index (κ1) is 12.6. The molecule has 0 heterocycles. The highest BCUT2D eigenvalue weighted by atomic mass is 16.4. The van der Waals surface area contributed by atoms with Gasteiger partial charge in [0.1, 0.15) is 0 Å². The fraction of sp³-hybridized carbons (Fsp3) is 0.385. The molecule has 5 nitrogen and oxygen atoms in total. The van der Waals surface area contributed by atoms with Crippen molar-refractivity contribution in [3.8, 4) is 0 Å². The largest absolute Gasteiger partial charge is 0.481 e. The van der Waals surface area contributed by atoms with Crippen LogP contribution in [-0.4, -0.2) is 22.5 Å². The molecule has 0 atom stereocenters. The van der Waals surface area contributed by atoms with Crippen molar-refractivity contribution in [1.82, 2.24) is 5.32 Å². The average Bonchev–Trinajstić information content (AvgIpc) is 3.06. The Balaban J connectivity index is 2.00. The third-order valence-electron chi connectivity index (χ3n) is 3.14. The molecule has 0 radical (unpaired) electrons. The first-order valence-corrected chi connectivity index (χ1v) is 5.87. The molecule has 1 aromatic carbocycles. The van der Waals surface area contributed by atoms with Gasteiger partial charge in [-0.15, -0.1) is 0 Å². The minimum Gasteiger partial charge on any atom is -0.481 e. The maximum Gasteiger partial charge on any atom is 0.307 e. The Kier molecular flexibility index (Phi) is 3.34. The summed E-state index contributed by atoms with van der Waals surface area (Å²) in [5, 5.41) is 11.6. The lowest BCUT2D eigenvalue weighted by atomic mass is 10.0. The summed E-state index contributed by atoms with van der Waals surface area (Å²) >= 11 is 0. The molecule has 0 aromatic heterocycles. The number of carbonyl (C=O) groups excluding carboxylic acids is 1. The Bertz CT molecular complexity index is 481. The molecule has 0 aliphatic heterocycles. The second-order valence-electron chi connectivity index (χ2n) is 4.68. The molecule has 1 saturated carbocycles. The quantitative estimate of drug-likeness (QED) is 0.704. The zero-order valence-corrected chi connectivity index (χ0v) is 9.98. The summed E-state index contributed by atoms with van der Waals surface area (Å²) in [4.78, 5) is 22.4. The zero-order chi connectivity index (χ0) is 13.2. The molecule has 5 heteroatoms. The van der Waals surface area contributed by atoms with E-state index < -0.39 is 11.5 Å². The van der Waals surface area contributed by atoms with Crippen molar-refractivity contribution < 1.29 is 14.7 Å². The van der Waals surface area contributed by atoms with Gasteiger partial charge in [0.15, 0.2) is 0 Å². The van der Waals surface area contributed by atoms with E-state index in [2.05, 4.69) is 5.32 Å². The third-order valence-corrected chi connectivity index (χ3v) is 3.14. The van der Waals surface area contributed by atoms with E-state index in [4.69, 9.17) is 10.8 Å². The molecule has 1 aliphatic carbocycles. The van der Waals surface area contributed by atoms with Crippen molar-refractivity contribution >= 4 is 11.9 Å². The van der Waals surface area contributed by atoms with E-state index in [1.54, 1.807) is 12.1 Å². The number of benzene rings is 1. The molecule has 1 fully saturated rings. The number of aliphatic carboxylic acids is 1. The molecule has 4 N–H and O–H groups in total. The number of carbonyl (C=O) groups is 2. The Labute approximate surface area is 105 Å². The van der Waals surface area contributed by atoms with Crippen molar-refractivity contribution in [2.24, 2.45) is 5.73 Å². The maximum atomic E-state index is 11.7. The molecule has 18 heavy (non-hydrogen) atoms. The van der Waals surface area contributed by atoms with Crippen molar-refractivity contribution in [2.75, 3.05) is 0 Å². The van der Waals surface area contributed by atoms with Gasteiger partial charge in [-0.2, -0.15) is 0 Å². The van der Waals surface area contributed by atoms with Crippen molar-refractivity contribution in [2.45, 2.75) is 31.3 Å². The topological polar surface area (TPSA) is 92.4 Å². The second kappa shape index (κ2) is 4.78. The molecule has 0 saturated heterocycles. The normalized spacial score (nSPS) is 16.1. The van der Waals surface area contributed by atoms with E-state index >= 15 is 0 Å². The van der Waals surface area contributed by atoms with Gasteiger partial charge in [0.05, 0.1) is 12.0 Å². The molecular weight excluding hydrogens is 232 g/mol. The summed E-state index contributed by atoms with van der Waals surface area (Å²) < 4.78 is 0. The highest BCUT2D eigenvalue weighted by molar-refractivity contribution is 5.88. The smallest absolute Gasteiger partial charge is 0.307 e. The van der Waals surface area contributed by atoms with Crippen LogP contribution in [0.15, 0.2) is 24.3 Å². The van der Waals surface area contributed by atoms with Gasteiger partial charge in [-0.25, -0.2) is 0 Å². The summed E-state index contributed by atoms with van der Waals surface area (Å²) in [5.41, 5.74) is 6.61. The summed E-state index contributed by atoms with van der Waals surface area (Å²) in [6.45, 7) is 0.321. The van der Waals surface area contributed by atoms with Crippen LogP contribution in [0.25, 0.3) is 0 Å². The van der Waals surface area contributed by atoms with Crippen LogP contribution in [-0.2, 0) is 22.6 Å². The Morgan fingerprint density at radius 2 is 1.89 bits per heavy atom. The number of hydrogen-bond acceptors (Lipinski definition) is 3. The summed E-state index contributed by atoms with van der Waals surface area (Å²) in [7, 11) is 0. The number of nitrogens with two attached hydrogens (primary N) is 1. The van der Waals surface area contributed by atoms with E-state index in [0.29, 0.717) is 12.1 Å². The number of carboxylic acids is 1. The molecule has 1 amide bonds. The van der Waals surface area contributed by atoms with E-state index in [0.717, 1.165) is 18.4 Å². The molecule has 1 aliphatic rings. The van der Waals surface area contributed by atoms with Crippen LogP contribution in [0, 0.1) is 0 Å². The maximum absolute atomic E-state index is 11.7. The standard InChI is InChI=1S/C13H16N2O3/c14-13(5-6-13)12(18)15-8-10-4-2-1-3-9(10)7-11(16)17/h1-4H,5-8,14H2,(H,15,18)(H,16,17). The number of amides is 1. The van der Waals surface area contributed by atoms with Crippen molar-refractivity contribution in [3.05, 3.63) is 35.4 Å². The van der Waals surface area contributed by atoms with Crippen molar-refractivity contribution in [3.63, 3.8) is 0 Å². The van der Waals surface area contributed by atoms with E-state index in [1.165, 1.54) is 0 Å². The minimum absolute atomic E-state index is 0.0419. The number of nitrogens with one attached hydrogen (secondary N) is 1. The van der Waals surface area contributed by atoms with Crippen LogP contribution in [0.4, 0.5) is 0 Å². The number of hydrogen-bond donors (Lipinski definition) is 3. The van der Waals surface area contributed by atoms with Crippen LogP contribution in [0.3, 0.4) is 0 Å². The number of carboxylic acid groups (broad SMARTS) is 1.